The van der Waals surface area contributed by atoms with Gasteiger partial charge in [-0.15, -0.1) is 0 Å². The second-order valence-corrected chi connectivity index (χ2v) is 5.23. The van der Waals surface area contributed by atoms with Crippen LogP contribution in [-0.2, 0) is 4.79 Å². The van der Waals surface area contributed by atoms with E-state index in [1.165, 1.54) is 6.07 Å². The molecule has 126 valence electrons. The van der Waals surface area contributed by atoms with Gasteiger partial charge in [0, 0.05) is 0 Å². The molecule has 0 fully saturated rings. The van der Waals surface area contributed by atoms with Gasteiger partial charge in [-0.2, -0.15) is 5.10 Å². The Morgan fingerprint density at radius 2 is 1.72 bits per heavy atom. The van der Waals surface area contributed by atoms with Gasteiger partial charge in [-0.25, -0.2) is 14.2 Å². The molecule has 0 aliphatic rings. The van der Waals surface area contributed by atoms with Gasteiger partial charge in [-0.05, 0) is 35.0 Å². The summed E-state index contributed by atoms with van der Waals surface area (Å²) in [6.07, 6.45) is 0.915. The first-order valence-corrected chi connectivity index (χ1v) is 7.51. The van der Waals surface area contributed by atoms with Crippen LogP contribution in [-0.4, -0.2) is 18.7 Å². The Morgan fingerprint density at radius 3 is 2.48 bits per heavy atom. The van der Waals surface area contributed by atoms with E-state index in [9.17, 15) is 13.6 Å². The summed E-state index contributed by atoms with van der Waals surface area (Å²) >= 11 is 0. The van der Waals surface area contributed by atoms with E-state index < -0.39 is 17.5 Å². The van der Waals surface area contributed by atoms with Crippen LogP contribution in [0.5, 0.6) is 5.75 Å². The zero-order chi connectivity index (χ0) is 17.6. The van der Waals surface area contributed by atoms with Crippen molar-refractivity contribution in [2.75, 3.05) is 6.61 Å². The van der Waals surface area contributed by atoms with Crippen molar-refractivity contribution in [3.05, 3.63) is 77.9 Å². The van der Waals surface area contributed by atoms with Crippen LogP contribution in [0, 0.1) is 11.6 Å². The molecule has 0 saturated carbocycles. The Kier molecular flexibility index (Phi) is 4.99. The zero-order valence-electron chi connectivity index (χ0n) is 13.1. The molecule has 0 saturated heterocycles. The van der Waals surface area contributed by atoms with Crippen molar-refractivity contribution in [3.63, 3.8) is 0 Å². The van der Waals surface area contributed by atoms with Crippen LogP contribution < -0.4 is 10.2 Å². The third-order valence-electron chi connectivity index (χ3n) is 3.47. The summed E-state index contributed by atoms with van der Waals surface area (Å²) in [6, 6.07) is 16.7. The Bertz CT molecular complexity index is 921. The number of carbonyl (C=O) groups excluding carboxylic acids is 1. The Morgan fingerprint density at radius 1 is 1.00 bits per heavy atom. The first-order valence-electron chi connectivity index (χ1n) is 7.51. The molecule has 0 aromatic heterocycles. The Labute approximate surface area is 142 Å². The first kappa shape index (κ1) is 16.6. The van der Waals surface area contributed by atoms with E-state index in [-0.39, 0.29) is 12.2 Å². The standard InChI is InChI=1S/C19H14F2N2O2/c20-17-6-3-7-18(21)16(17)11-22-23-19(24)12-25-15-9-8-13-4-1-2-5-14(13)10-15/h1-11H,12H2,(H,23,24)/b22-11+. The lowest BCUT2D eigenvalue weighted by Gasteiger charge is -2.06. The van der Waals surface area contributed by atoms with Crippen molar-refractivity contribution in [2.24, 2.45) is 5.10 Å². The molecule has 4 nitrogen and oxygen atoms in total. The fraction of sp³-hybridized carbons (Fsp3) is 0.0526. The van der Waals surface area contributed by atoms with Crippen molar-refractivity contribution >= 4 is 22.9 Å². The Hall–Kier alpha value is -3.28. The fourth-order valence-electron chi connectivity index (χ4n) is 2.24. The number of carbonyl (C=O) groups is 1. The highest BCUT2D eigenvalue weighted by Crippen LogP contribution is 2.20. The summed E-state index contributed by atoms with van der Waals surface area (Å²) in [6.45, 7) is -0.268. The minimum atomic E-state index is -0.759. The SMILES string of the molecule is O=C(COc1ccc2ccccc2c1)N/N=C/c1c(F)cccc1F. The summed E-state index contributed by atoms with van der Waals surface area (Å²) in [4.78, 5) is 11.7. The normalized spacial score (nSPS) is 11.0. The number of nitrogens with one attached hydrogen (secondary N) is 1. The predicted octanol–water partition coefficient (Wildman–Crippen LogP) is 3.65. The van der Waals surface area contributed by atoms with Crippen LogP contribution >= 0.6 is 0 Å². The van der Waals surface area contributed by atoms with Gasteiger partial charge in [0.25, 0.3) is 5.91 Å². The van der Waals surface area contributed by atoms with Crippen molar-refractivity contribution < 1.29 is 18.3 Å². The third kappa shape index (κ3) is 4.17. The van der Waals surface area contributed by atoms with E-state index in [1.807, 2.05) is 36.4 Å². The Balaban J connectivity index is 1.56. The highest BCUT2D eigenvalue weighted by molar-refractivity contribution is 5.85. The molecule has 0 aliphatic heterocycles. The molecule has 25 heavy (non-hydrogen) atoms. The van der Waals surface area contributed by atoms with Crippen molar-refractivity contribution in [1.29, 1.82) is 0 Å². The van der Waals surface area contributed by atoms with E-state index in [2.05, 4.69) is 10.5 Å². The highest BCUT2D eigenvalue weighted by atomic mass is 19.1. The van der Waals surface area contributed by atoms with Gasteiger partial charge in [0.05, 0.1) is 11.8 Å². The maximum atomic E-state index is 13.4. The predicted molar refractivity (Wildman–Crippen MR) is 91.5 cm³/mol. The number of nitrogens with zero attached hydrogens (tertiary/aromatic N) is 1. The highest BCUT2D eigenvalue weighted by Gasteiger charge is 2.06. The second-order valence-electron chi connectivity index (χ2n) is 5.23. The average molecular weight is 340 g/mol. The third-order valence-corrected chi connectivity index (χ3v) is 3.47. The van der Waals surface area contributed by atoms with Crippen molar-refractivity contribution in [2.45, 2.75) is 0 Å². The molecule has 0 heterocycles. The smallest absolute Gasteiger partial charge is 0.277 e. The number of hydrogen-bond acceptors (Lipinski definition) is 3. The molecule has 3 aromatic carbocycles. The van der Waals surface area contributed by atoms with Gasteiger partial charge in [0.15, 0.2) is 6.61 Å². The second kappa shape index (κ2) is 7.53. The van der Waals surface area contributed by atoms with Gasteiger partial charge in [-0.1, -0.05) is 36.4 Å². The zero-order valence-corrected chi connectivity index (χ0v) is 13.1. The number of hydrazone groups is 1. The fourth-order valence-corrected chi connectivity index (χ4v) is 2.24. The van der Waals surface area contributed by atoms with Gasteiger partial charge < -0.3 is 4.74 Å². The molecule has 0 bridgehead atoms. The largest absolute Gasteiger partial charge is 0.484 e. The number of fused-ring (bicyclic) bond motifs is 1. The van der Waals surface area contributed by atoms with E-state index in [0.717, 1.165) is 29.1 Å². The number of benzene rings is 3. The molecule has 0 spiro atoms. The summed E-state index contributed by atoms with van der Waals surface area (Å²) in [7, 11) is 0. The van der Waals surface area contributed by atoms with Crippen LogP contribution in [0.15, 0.2) is 65.8 Å². The maximum Gasteiger partial charge on any atom is 0.277 e. The molecule has 3 rings (SSSR count). The van der Waals surface area contributed by atoms with Crippen LogP contribution in [0.2, 0.25) is 0 Å². The molecule has 1 amide bonds. The molecular formula is C19H14F2N2O2. The van der Waals surface area contributed by atoms with Crippen molar-refractivity contribution in [1.82, 2.24) is 5.43 Å². The minimum Gasteiger partial charge on any atom is -0.484 e. The van der Waals surface area contributed by atoms with E-state index >= 15 is 0 Å². The number of halogens is 2. The minimum absolute atomic E-state index is 0.268. The molecule has 0 atom stereocenters. The van der Waals surface area contributed by atoms with Crippen LogP contribution in [0.1, 0.15) is 5.56 Å². The van der Waals surface area contributed by atoms with Gasteiger partial charge >= 0.3 is 0 Å². The average Bonchev–Trinajstić information content (AvgIpc) is 2.62. The molecule has 0 radical (unpaired) electrons. The quantitative estimate of drug-likeness (QED) is 0.569. The summed E-state index contributed by atoms with van der Waals surface area (Å²) in [5, 5.41) is 5.60. The van der Waals surface area contributed by atoms with Crippen LogP contribution in [0.4, 0.5) is 8.78 Å². The molecule has 1 N–H and O–H groups in total. The molecule has 3 aromatic rings. The number of ether oxygens (including phenoxy) is 1. The molecule has 6 heteroatoms. The monoisotopic (exact) mass is 340 g/mol. The van der Waals surface area contributed by atoms with E-state index in [1.54, 1.807) is 6.07 Å². The van der Waals surface area contributed by atoms with E-state index in [4.69, 9.17) is 4.74 Å². The maximum absolute atomic E-state index is 13.4. The molecule has 0 aliphatic carbocycles. The lowest BCUT2D eigenvalue weighted by atomic mass is 10.1. The van der Waals surface area contributed by atoms with Gasteiger partial charge in [0.2, 0.25) is 0 Å². The first-order chi connectivity index (χ1) is 12.1. The van der Waals surface area contributed by atoms with Crippen molar-refractivity contribution in [3.8, 4) is 5.75 Å². The summed E-state index contributed by atoms with van der Waals surface area (Å²) in [5.41, 5.74) is 1.84. The molecular weight excluding hydrogens is 326 g/mol. The van der Waals surface area contributed by atoms with E-state index in [0.29, 0.717) is 5.75 Å². The van der Waals surface area contributed by atoms with Crippen LogP contribution in [0.25, 0.3) is 10.8 Å². The number of hydrogen-bond donors (Lipinski definition) is 1. The number of rotatable bonds is 5. The topological polar surface area (TPSA) is 50.7 Å². The number of amides is 1. The van der Waals surface area contributed by atoms with Gasteiger partial charge in [-0.3, -0.25) is 4.79 Å². The molecule has 0 unspecified atom stereocenters. The van der Waals surface area contributed by atoms with Crippen LogP contribution in [0.3, 0.4) is 0 Å². The summed E-state index contributed by atoms with van der Waals surface area (Å²) < 4.78 is 32.2. The lowest BCUT2D eigenvalue weighted by molar-refractivity contribution is -0.123. The summed E-state index contributed by atoms with van der Waals surface area (Å²) in [5.74, 6) is -1.52. The lowest BCUT2D eigenvalue weighted by Crippen LogP contribution is -2.24. The van der Waals surface area contributed by atoms with Gasteiger partial charge in [0.1, 0.15) is 17.4 Å².